The first-order chi connectivity index (χ1) is 8.72. The maximum Gasteiger partial charge on any atom is 0.145 e. The van der Waals surface area contributed by atoms with Gasteiger partial charge in [-0.05, 0) is 24.5 Å². The van der Waals surface area contributed by atoms with Gasteiger partial charge in [-0.25, -0.2) is 0 Å². The number of H-pyrrole nitrogens is 1. The number of nitrogen functional groups attached to an aromatic ring is 1. The van der Waals surface area contributed by atoms with Crippen molar-refractivity contribution in [2.45, 2.75) is 12.8 Å². The molecular formula is C13H17N3O2. The Kier molecular flexibility index (Phi) is 3.72. The van der Waals surface area contributed by atoms with Crippen LogP contribution in [0.3, 0.4) is 0 Å². The third kappa shape index (κ3) is 2.74. The van der Waals surface area contributed by atoms with Gasteiger partial charge in [0.15, 0.2) is 0 Å². The van der Waals surface area contributed by atoms with Crippen molar-refractivity contribution >= 4 is 5.82 Å². The van der Waals surface area contributed by atoms with E-state index in [9.17, 15) is 0 Å². The second-order valence-electron chi connectivity index (χ2n) is 4.00. The van der Waals surface area contributed by atoms with E-state index in [2.05, 4.69) is 10.2 Å². The van der Waals surface area contributed by atoms with Crippen LogP contribution in [0.15, 0.2) is 24.3 Å². The molecule has 0 radical (unpaired) electrons. The number of methoxy groups -OCH3 is 2. The Morgan fingerprint density at radius 3 is 2.61 bits per heavy atom. The molecule has 5 nitrogen and oxygen atoms in total. The van der Waals surface area contributed by atoms with Gasteiger partial charge in [0.2, 0.25) is 0 Å². The number of hydrogen-bond acceptors (Lipinski definition) is 4. The molecule has 0 saturated heterocycles. The molecule has 0 aliphatic carbocycles. The molecule has 0 atom stereocenters. The number of aryl methyl sites for hydroxylation is 2. The molecule has 2 aromatic rings. The van der Waals surface area contributed by atoms with E-state index in [1.807, 2.05) is 24.3 Å². The summed E-state index contributed by atoms with van der Waals surface area (Å²) in [6.07, 6.45) is 1.70. The largest absolute Gasteiger partial charge is 0.497 e. The fourth-order valence-corrected chi connectivity index (χ4v) is 1.84. The summed E-state index contributed by atoms with van der Waals surface area (Å²) in [5.41, 5.74) is 7.71. The lowest BCUT2D eigenvalue weighted by molar-refractivity contribution is 0.391. The fourth-order valence-electron chi connectivity index (χ4n) is 1.84. The lowest BCUT2D eigenvalue weighted by Gasteiger charge is -2.09. The normalized spacial score (nSPS) is 10.3. The van der Waals surface area contributed by atoms with Gasteiger partial charge in [0.1, 0.15) is 17.3 Å². The zero-order chi connectivity index (χ0) is 13.0. The van der Waals surface area contributed by atoms with Crippen LogP contribution in [0.1, 0.15) is 11.3 Å². The molecule has 0 fully saturated rings. The van der Waals surface area contributed by atoms with Gasteiger partial charge in [0, 0.05) is 17.8 Å². The number of nitrogens with zero attached hydrogens (tertiary/aromatic N) is 1. The van der Waals surface area contributed by atoms with Gasteiger partial charge in [-0.2, -0.15) is 5.10 Å². The average molecular weight is 247 g/mol. The highest BCUT2D eigenvalue weighted by molar-refractivity contribution is 5.41. The summed E-state index contributed by atoms with van der Waals surface area (Å²) in [5.74, 6) is 2.15. The number of benzene rings is 1. The number of hydrogen-bond donors (Lipinski definition) is 2. The van der Waals surface area contributed by atoms with Crippen molar-refractivity contribution in [2.75, 3.05) is 20.0 Å². The van der Waals surface area contributed by atoms with Crippen LogP contribution in [0, 0.1) is 0 Å². The Morgan fingerprint density at radius 1 is 1.17 bits per heavy atom. The summed E-state index contributed by atoms with van der Waals surface area (Å²) in [6.45, 7) is 0. The highest BCUT2D eigenvalue weighted by atomic mass is 16.5. The molecule has 1 aromatic heterocycles. The van der Waals surface area contributed by atoms with Gasteiger partial charge in [-0.15, -0.1) is 0 Å². The first-order valence-corrected chi connectivity index (χ1v) is 5.73. The third-order valence-electron chi connectivity index (χ3n) is 2.81. The Hall–Kier alpha value is -2.17. The van der Waals surface area contributed by atoms with Crippen LogP contribution in [-0.4, -0.2) is 24.4 Å². The Morgan fingerprint density at radius 2 is 2.00 bits per heavy atom. The predicted molar refractivity (Wildman–Crippen MR) is 70.0 cm³/mol. The number of aromatic nitrogens is 2. The Labute approximate surface area is 106 Å². The number of aromatic amines is 1. The van der Waals surface area contributed by atoms with E-state index in [0.717, 1.165) is 35.6 Å². The molecule has 0 saturated carbocycles. The standard InChI is InChI=1S/C13H17N3O2/c1-17-11-6-4-9(12(8-11)18-2)3-5-10-7-13(14)16-15-10/h4,6-8H,3,5H2,1-2H3,(H3,14,15,16). The van der Waals surface area contributed by atoms with Gasteiger partial charge in [-0.1, -0.05) is 6.07 Å². The van der Waals surface area contributed by atoms with Gasteiger partial charge in [0.25, 0.3) is 0 Å². The predicted octanol–water partition coefficient (Wildman–Crippen LogP) is 1.79. The molecule has 0 spiro atoms. The van der Waals surface area contributed by atoms with Crippen LogP contribution in [0.2, 0.25) is 0 Å². The maximum atomic E-state index is 5.56. The maximum absolute atomic E-state index is 5.56. The number of nitrogens with one attached hydrogen (secondary N) is 1. The first kappa shape index (κ1) is 12.3. The van der Waals surface area contributed by atoms with E-state index < -0.39 is 0 Å². The first-order valence-electron chi connectivity index (χ1n) is 5.73. The number of rotatable bonds is 5. The molecule has 5 heteroatoms. The summed E-state index contributed by atoms with van der Waals surface area (Å²) < 4.78 is 10.5. The molecule has 1 aromatic carbocycles. The summed E-state index contributed by atoms with van der Waals surface area (Å²) in [4.78, 5) is 0. The number of anilines is 1. The van der Waals surface area contributed by atoms with E-state index in [4.69, 9.17) is 15.2 Å². The van der Waals surface area contributed by atoms with Crippen LogP contribution < -0.4 is 15.2 Å². The molecule has 2 rings (SSSR count). The minimum atomic E-state index is 0.520. The number of nitrogens with two attached hydrogens (primary N) is 1. The van der Waals surface area contributed by atoms with Crippen molar-refractivity contribution in [1.29, 1.82) is 0 Å². The smallest absolute Gasteiger partial charge is 0.145 e. The van der Waals surface area contributed by atoms with Crippen molar-refractivity contribution in [3.05, 3.63) is 35.5 Å². The van der Waals surface area contributed by atoms with Gasteiger partial charge >= 0.3 is 0 Å². The van der Waals surface area contributed by atoms with Gasteiger partial charge in [-0.3, -0.25) is 5.10 Å². The van der Waals surface area contributed by atoms with Crippen LogP contribution in [0.25, 0.3) is 0 Å². The summed E-state index contributed by atoms with van der Waals surface area (Å²) in [7, 11) is 3.30. The zero-order valence-electron chi connectivity index (χ0n) is 10.6. The minimum Gasteiger partial charge on any atom is -0.497 e. The average Bonchev–Trinajstić information content (AvgIpc) is 2.82. The monoisotopic (exact) mass is 247 g/mol. The van der Waals surface area contributed by atoms with Crippen molar-refractivity contribution in [3.63, 3.8) is 0 Å². The van der Waals surface area contributed by atoms with E-state index >= 15 is 0 Å². The van der Waals surface area contributed by atoms with Gasteiger partial charge < -0.3 is 15.2 Å². The van der Waals surface area contributed by atoms with E-state index in [0.29, 0.717) is 5.82 Å². The summed E-state index contributed by atoms with van der Waals surface area (Å²) >= 11 is 0. The minimum absolute atomic E-state index is 0.520. The Bertz CT molecular complexity index is 523. The Balaban J connectivity index is 2.08. The van der Waals surface area contributed by atoms with E-state index in [1.54, 1.807) is 14.2 Å². The molecule has 0 amide bonds. The molecule has 0 unspecified atom stereocenters. The highest BCUT2D eigenvalue weighted by Crippen LogP contribution is 2.25. The van der Waals surface area contributed by atoms with Crippen molar-refractivity contribution in [2.24, 2.45) is 0 Å². The van der Waals surface area contributed by atoms with E-state index in [1.165, 1.54) is 0 Å². The third-order valence-corrected chi connectivity index (χ3v) is 2.81. The van der Waals surface area contributed by atoms with E-state index in [-0.39, 0.29) is 0 Å². The van der Waals surface area contributed by atoms with Crippen LogP contribution in [-0.2, 0) is 12.8 Å². The second-order valence-corrected chi connectivity index (χ2v) is 4.00. The van der Waals surface area contributed by atoms with Crippen molar-refractivity contribution < 1.29 is 9.47 Å². The van der Waals surface area contributed by atoms with Crippen molar-refractivity contribution in [1.82, 2.24) is 10.2 Å². The highest BCUT2D eigenvalue weighted by Gasteiger charge is 2.06. The molecule has 3 N–H and O–H groups in total. The quantitative estimate of drug-likeness (QED) is 0.845. The fraction of sp³-hybridized carbons (Fsp3) is 0.308. The lowest BCUT2D eigenvalue weighted by Crippen LogP contribution is -1.96. The molecule has 0 bridgehead atoms. The topological polar surface area (TPSA) is 73.2 Å². The van der Waals surface area contributed by atoms with Gasteiger partial charge in [0.05, 0.1) is 14.2 Å². The SMILES string of the molecule is COc1ccc(CCc2cc(N)n[nH]2)c(OC)c1. The summed E-state index contributed by atoms with van der Waals surface area (Å²) in [5, 5.41) is 6.80. The number of ether oxygens (including phenoxy) is 2. The molecule has 96 valence electrons. The van der Waals surface area contributed by atoms with Crippen LogP contribution in [0.4, 0.5) is 5.82 Å². The molecule has 18 heavy (non-hydrogen) atoms. The summed E-state index contributed by atoms with van der Waals surface area (Å²) in [6, 6.07) is 7.67. The zero-order valence-corrected chi connectivity index (χ0v) is 10.6. The van der Waals surface area contributed by atoms with Crippen LogP contribution in [0.5, 0.6) is 11.5 Å². The molecule has 0 aliphatic heterocycles. The van der Waals surface area contributed by atoms with Crippen LogP contribution >= 0.6 is 0 Å². The lowest BCUT2D eigenvalue weighted by atomic mass is 10.1. The molecule has 0 aliphatic rings. The second kappa shape index (κ2) is 5.44. The van der Waals surface area contributed by atoms with Crippen molar-refractivity contribution in [3.8, 4) is 11.5 Å². The molecule has 1 heterocycles. The molecular weight excluding hydrogens is 230 g/mol.